The minimum Gasteiger partial charge on any atom is -0.357 e. The van der Waals surface area contributed by atoms with Gasteiger partial charge in [-0.3, -0.25) is 9.59 Å². The minimum atomic E-state index is -0.494. The Morgan fingerprint density at radius 3 is 2.41 bits per heavy atom. The number of likely N-dealkylation sites (N-methyl/N-ethyl adjacent to an activating group) is 1. The third-order valence-electron chi connectivity index (χ3n) is 4.30. The van der Waals surface area contributed by atoms with Crippen molar-refractivity contribution in [3.63, 3.8) is 0 Å². The summed E-state index contributed by atoms with van der Waals surface area (Å²) in [5.74, 6) is 0.494. The Labute approximate surface area is 170 Å². The predicted molar refractivity (Wildman–Crippen MR) is 112 cm³/mol. The molecule has 2 aromatic rings. The zero-order valence-corrected chi connectivity index (χ0v) is 17.2. The third kappa shape index (κ3) is 6.92. The van der Waals surface area contributed by atoms with Crippen LogP contribution in [0.5, 0.6) is 0 Å². The van der Waals surface area contributed by atoms with Crippen LogP contribution in [-0.4, -0.2) is 42.1 Å². The molecule has 0 radical (unpaired) electrons. The van der Waals surface area contributed by atoms with Crippen LogP contribution in [0.3, 0.4) is 0 Å². The molecule has 1 N–H and O–H groups in total. The summed E-state index contributed by atoms with van der Waals surface area (Å²) in [6.07, 6.45) is 1.10. The van der Waals surface area contributed by atoms with Crippen molar-refractivity contribution in [3.8, 4) is 0 Å². The number of amides is 2. The van der Waals surface area contributed by atoms with Gasteiger partial charge in [-0.25, -0.2) is 0 Å². The molecule has 0 aliphatic carbocycles. The van der Waals surface area contributed by atoms with E-state index in [9.17, 15) is 9.59 Å². The first-order valence-electron chi connectivity index (χ1n) is 8.94. The van der Waals surface area contributed by atoms with E-state index in [1.165, 1.54) is 0 Å². The second kappa shape index (κ2) is 11.0. The smallest absolute Gasteiger partial charge is 0.242 e. The number of halogens is 1. The van der Waals surface area contributed by atoms with Gasteiger partial charge in [0, 0.05) is 35.7 Å². The second-order valence-electron chi connectivity index (χ2n) is 6.17. The van der Waals surface area contributed by atoms with Gasteiger partial charge in [0.2, 0.25) is 11.8 Å². The van der Waals surface area contributed by atoms with Gasteiger partial charge in [0.15, 0.2) is 0 Å². The van der Waals surface area contributed by atoms with Crippen LogP contribution in [0, 0.1) is 0 Å². The molecule has 2 rings (SSSR count). The Bertz CT molecular complexity index is 738. The van der Waals surface area contributed by atoms with E-state index in [4.69, 9.17) is 11.6 Å². The van der Waals surface area contributed by atoms with Gasteiger partial charge in [-0.15, -0.1) is 11.8 Å². The van der Waals surface area contributed by atoms with Gasteiger partial charge in [0.05, 0.1) is 0 Å². The molecule has 0 saturated carbocycles. The van der Waals surface area contributed by atoms with Gasteiger partial charge in [0.1, 0.15) is 6.04 Å². The van der Waals surface area contributed by atoms with Crippen molar-refractivity contribution in [1.82, 2.24) is 10.2 Å². The number of hydrogen-bond donors (Lipinski definition) is 1. The van der Waals surface area contributed by atoms with Crippen LogP contribution in [0.4, 0.5) is 0 Å². The van der Waals surface area contributed by atoms with Crippen LogP contribution in [0.1, 0.15) is 18.9 Å². The highest BCUT2D eigenvalue weighted by Gasteiger charge is 2.24. The summed E-state index contributed by atoms with van der Waals surface area (Å²) in [7, 11) is 1.59. The van der Waals surface area contributed by atoms with Gasteiger partial charge in [-0.05, 0) is 43.2 Å². The molecule has 0 aliphatic rings. The van der Waals surface area contributed by atoms with Gasteiger partial charge < -0.3 is 10.2 Å². The average molecular weight is 405 g/mol. The van der Waals surface area contributed by atoms with Crippen molar-refractivity contribution in [3.05, 3.63) is 65.2 Å². The van der Waals surface area contributed by atoms with Crippen LogP contribution in [0.25, 0.3) is 0 Å². The van der Waals surface area contributed by atoms with Crippen LogP contribution in [-0.2, 0) is 16.0 Å². The van der Waals surface area contributed by atoms with Crippen molar-refractivity contribution < 1.29 is 9.59 Å². The molecule has 27 heavy (non-hydrogen) atoms. The predicted octanol–water partition coefficient (Wildman–Crippen LogP) is 4.03. The van der Waals surface area contributed by atoms with Gasteiger partial charge in [-0.2, -0.15) is 0 Å². The highest BCUT2D eigenvalue weighted by atomic mass is 35.5. The lowest BCUT2D eigenvalue weighted by molar-refractivity contribution is -0.139. The molecule has 0 bridgehead atoms. The molecule has 0 heterocycles. The first-order chi connectivity index (χ1) is 13.0. The number of rotatable bonds is 9. The lowest BCUT2D eigenvalue weighted by Crippen LogP contribution is -2.48. The zero-order chi connectivity index (χ0) is 19.6. The maximum atomic E-state index is 12.8. The highest BCUT2D eigenvalue weighted by molar-refractivity contribution is 7.99. The van der Waals surface area contributed by atoms with E-state index in [1.54, 1.807) is 30.6 Å². The molecular formula is C21H25ClN2O2S. The van der Waals surface area contributed by atoms with E-state index in [1.807, 2.05) is 54.6 Å². The molecule has 1 atom stereocenters. The topological polar surface area (TPSA) is 49.4 Å². The molecule has 144 valence electrons. The fourth-order valence-electron chi connectivity index (χ4n) is 2.71. The van der Waals surface area contributed by atoms with E-state index in [0.717, 1.165) is 16.9 Å². The summed E-state index contributed by atoms with van der Waals surface area (Å²) >= 11 is 7.50. The number of carbonyl (C=O) groups is 2. The molecule has 0 fully saturated rings. The van der Waals surface area contributed by atoms with Gasteiger partial charge in [-0.1, -0.05) is 41.9 Å². The molecule has 4 nitrogen and oxygen atoms in total. The van der Waals surface area contributed by atoms with Crippen molar-refractivity contribution in [2.24, 2.45) is 0 Å². The Kier molecular flexibility index (Phi) is 8.69. The summed E-state index contributed by atoms with van der Waals surface area (Å²) in [5, 5.41) is 3.33. The Morgan fingerprint density at radius 1 is 1.11 bits per heavy atom. The molecular weight excluding hydrogens is 380 g/mol. The van der Waals surface area contributed by atoms with E-state index in [0.29, 0.717) is 23.7 Å². The van der Waals surface area contributed by atoms with E-state index in [2.05, 4.69) is 5.32 Å². The lowest BCUT2D eigenvalue weighted by atomic mass is 10.1. The number of hydrogen-bond acceptors (Lipinski definition) is 3. The van der Waals surface area contributed by atoms with Crippen LogP contribution < -0.4 is 5.32 Å². The van der Waals surface area contributed by atoms with E-state index in [-0.39, 0.29) is 11.8 Å². The van der Waals surface area contributed by atoms with Gasteiger partial charge >= 0.3 is 0 Å². The first-order valence-corrected chi connectivity index (χ1v) is 10.3. The zero-order valence-electron chi connectivity index (χ0n) is 15.7. The fourth-order valence-corrected chi connectivity index (χ4v) is 3.68. The monoisotopic (exact) mass is 404 g/mol. The SMILES string of the molecule is CNC(=O)[C@@H](C)N(CCc1ccccc1)C(=O)CCSc1ccc(Cl)cc1. The third-order valence-corrected chi connectivity index (χ3v) is 5.56. The first kappa shape index (κ1) is 21.3. The fraction of sp³-hybridized carbons (Fsp3) is 0.333. The van der Waals surface area contributed by atoms with Crippen LogP contribution >= 0.6 is 23.4 Å². The molecule has 0 saturated heterocycles. The molecule has 6 heteroatoms. The Hall–Kier alpha value is -1.98. The summed E-state index contributed by atoms with van der Waals surface area (Å²) < 4.78 is 0. The van der Waals surface area contributed by atoms with Crippen LogP contribution in [0.15, 0.2) is 59.5 Å². The maximum absolute atomic E-state index is 12.8. The highest BCUT2D eigenvalue weighted by Crippen LogP contribution is 2.21. The Balaban J connectivity index is 1.94. The summed E-state index contributed by atoms with van der Waals surface area (Å²) in [5.41, 5.74) is 1.15. The van der Waals surface area contributed by atoms with E-state index >= 15 is 0 Å². The summed E-state index contributed by atoms with van der Waals surface area (Å²) in [6.45, 7) is 2.29. The largest absolute Gasteiger partial charge is 0.357 e. The molecule has 2 amide bonds. The molecule has 2 aromatic carbocycles. The molecule has 0 aliphatic heterocycles. The van der Waals surface area contributed by atoms with Crippen molar-refractivity contribution in [2.75, 3.05) is 19.3 Å². The number of nitrogens with one attached hydrogen (secondary N) is 1. The quantitative estimate of drug-likeness (QED) is 0.642. The molecule has 0 aromatic heterocycles. The van der Waals surface area contributed by atoms with E-state index < -0.39 is 6.04 Å². The number of carbonyl (C=O) groups excluding carboxylic acids is 2. The summed E-state index contributed by atoms with van der Waals surface area (Å²) in [6, 6.07) is 17.1. The minimum absolute atomic E-state index is 0.0107. The average Bonchev–Trinajstić information content (AvgIpc) is 2.69. The molecule has 0 spiro atoms. The van der Waals surface area contributed by atoms with Crippen molar-refractivity contribution >= 4 is 35.2 Å². The molecule has 0 unspecified atom stereocenters. The number of nitrogens with zero attached hydrogens (tertiary/aromatic N) is 1. The lowest BCUT2D eigenvalue weighted by Gasteiger charge is -2.28. The number of benzene rings is 2. The summed E-state index contributed by atoms with van der Waals surface area (Å²) in [4.78, 5) is 27.6. The second-order valence-corrected chi connectivity index (χ2v) is 7.77. The van der Waals surface area contributed by atoms with Crippen molar-refractivity contribution in [2.45, 2.75) is 30.7 Å². The van der Waals surface area contributed by atoms with Gasteiger partial charge in [0.25, 0.3) is 0 Å². The standard InChI is InChI=1S/C21H25ClN2O2S/c1-16(21(26)23-2)24(14-12-17-6-4-3-5-7-17)20(25)13-15-27-19-10-8-18(22)9-11-19/h3-11,16H,12-15H2,1-2H3,(H,23,26)/t16-/m1/s1. The normalized spacial score (nSPS) is 11.7. The Morgan fingerprint density at radius 2 is 1.78 bits per heavy atom. The maximum Gasteiger partial charge on any atom is 0.242 e. The van der Waals surface area contributed by atoms with Crippen molar-refractivity contribution in [1.29, 1.82) is 0 Å². The number of thioether (sulfide) groups is 1. The van der Waals surface area contributed by atoms with Crippen LogP contribution in [0.2, 0.25) is 5.02 Å².